The molecule has 1 aromatic rings. The number of nitrogens with one attached hydrogen (secondary N) is 2. The molecule has 1 heterocycles. The fraction of sp³-hybridized carbons (Fsp3) is 0.167. The first-order valence-corrected chi connectivity index (χ1v) is 3.95. The monoisotopic (exact) mass is 238 g/mol. The van der Waals surface area contributed by atoms with Crippen LogP contribution >= 0.6 is 0 Å². The number of halogens is 2. The SMILES string of the molecule is N=C([Se])N(c1ccc[nH]1)C(F)F. The predicted octanol–water partition coefficient (Wildman–Crippen LogP) is 1.15. The number of anilines is 1. The van der Waals surface area contributed by atoms with Gasteiger partial charge < -0.3 is 0 Å². The molecule has 12 heavy (non-hydrogen) atoms. The van der Waals surface area contributed by atoms with E-state index in [1.807, 2.05) is 0 Å². The van der Waals surface area contributed by atoms with Gasteiger partial charge >= 0.3 is 75.5 Å². The van der Waals surface area contributed by atoms with Crippen LogP contribution in [0.15, 0.2) is 18.3 Å². The number of aromatic nitrogens is 1. The number of hydrogen-bond donors (Lipinski definition) is 2. The molecular formula is C6H6F2N3Se. The Morgan fingerprint density at radius 1 is 1.67 bits per heavy atom. The second kappa shape index (κ2) is 3.69. The summed E-state index contributed by atoms with van der Waals surface area (Å²) in [6.07, 6.45) is 1.52. The van der Waals surface area contributed by atoms with Crippen LogP contribution in [0.1, 0.15) is 0 Å². The molecule has 6 heteroatoms. The molecule has 0 spiro atoms. The fourth-order valence-corrected chi connectivity index (χ4v) is 1.15. The molecular weight excluding hydrogens is 231 g/mol. The Morgan fingerprint density at radius 3 is 2.67 bits per heavy atom. The van der Waals surface area contributed by atoms with Crippen LogP contribution in [0.25, 0.3) is 0 Å². The topological polar surface area (TPSA) is 42.9 Å². The van der Waals surface area contributed by atoms with Gasteiger partial charge in [-0.15, -0.1) is 0 Å². The van der Waals surface area contributed by atoms with Gasteiger partial charge in [0.1, 0.15) is 0 Å². The number of amidine groups is 1. The van der Waals surface area contributed by atoms with Crippen molar-refractivity contribution in [3.8, 4) is 0 Å². The van der Waals surface area contributed by atoms with Gasteiger partial charge in [-0.3, -0.25) is 0 Å². The molecule has 0 saturated heterocycles. The molecule has 1 rings (SSSR count). The van der Waals surface area contributed by atoms with E-state index in [-0.39, 0.29) is 10.6 Å². The first kappa shape index (κ1) is 9.22. The summed E-state index contributed by atoms with van der Waals surface area (Å²) >= 11 is 2.22. The van der Waals surface area contributed by atoms with Crippen molar-refractivity contribution in [2.75, 3.05) is 4.90 Å². The van der Waals surface area contributed by atoms with Crippen LogP contribution in [0.3, 0.4) is 0 Å². The molecule has 0 aliphatic carbocycles. The van der Waals surface area contributed by atoms with Crippen molar-refractivity contribution in [1.82, 2.24) is 4.98 Å². The summed E-state index contributed by atoms with van der Waals surface area (Å²) < 4.78 is 24.2. The molecule has 65 valence electrons. The molecule has 2 N–H and O–H groups in total. The molecule has 0 saturated carbocycles. The molecule has 0 fully saturated rings. The molecule has 0 unspecified atom stereocenters. The van der Waals surface area contributed by atoms with Crippen molar-refractivity contribution in [2.45, 2.75) is 6.55 Å². The molecule has 0 aliphatic heterocycles. The number of aromatic amines is 1. The van der Waals surface area contributed by atoms with Crippen LogP contribution in [0.4, 0.5) is 14.6 Å². The van der Waals surface area contributed by atoms with Gasteiger partial charge in [0.05, 0.1) is 0 Å². The van der Waals surface area contributed by atoms with E-state index in [4.69, 9.17) is 5.41 Å². The molecule has 0 atom stereocenters. The van der Waals surface area contributed by atoms with Gasteiger partial charge in [0.15, 0.2) is 0 Å². The van der Waals surface area contributed by atoms with E-state index in [2.05, 4.69) is 21.0 Å². The molecule has 0 bridgehead atoms. The average molecular weight is 237 g/mol. The maximum absolute atomic E-state index is 12.3. The number of alkyl halides is 2. The Morgan fingerprint density at radius 2 is 2.33 bits per heavy atom. The van der Waals surface area contributed by atoms with Crippen LogP contribution in [0.2, 0.25) is 0 Å². The number of rotatable bonds is 2. The normalized spacial score (nSPS) is 10.2. The van der Waals surface area contributed by atoms with Gasteiger partial charge in [0, 0.05) is 0 Å². The zero-order valence-electron chi connectivity index (χ0n) is 5.92. The van der Waals surface area contributed by atoms with Crippen LogP contribution in [-0.2, 0) is 0 Å². The summed E-state index contributed by atoms with van der Waals surface area (Å²) in [4.78, 5) is 3.14. The molecule has 1 radical (unpaired) electrons. The summed E-state index contributed by atoms with van der Waals surface area (Å²) in [7, 11) is 0. The van der Waals surface area contributed by atoms with E-state index in [9.17, 15) is 8.78 Å². The number of H-pyrrole nitrogens is 1. The second-order valence-corrected chi connectivity index (χ2v) is 2.82. The fourth-order valence-electron chi connectivity index (χ4n) is 0.774. The molecule has 0 amide bonds. The number of nitrogens with zero attached hydrogens (tertiary/aromatic N) is 1. The van der Waals surface area contributed by atoms with E-state index >= 15 is 0 Å². The van der Waals surface area contributed by atoms with E-state index in [0.717, 1.165) is 0 Å². The Bertz CT molecular complexity index is 260. The van der Waals surface area contributed by atoms with E-state index in [1.165, 1.54) is 12.3 Å². The average Bonchev–Trinajstić information content (AvgIpc) is 2.37. The van der Waals surface area contributed by atoms with Crippen LogP contribution in [0, 0.1) is 5.41 Å². The van der Waals surface area contributed by atoms with Crippen LogP contribution in [0.5, 0.6) is 0 Å². The Kier molecular flexibility index (Phi) is 2.83. The molecule has 0 aromatic carbocycles. The Balaban J connectivity index is 2.88. The third-order valence-corrected chi connectivity index (χ3v) is 1.67. The van der Waals surface area contributed by atoms with E-state index in [1.54, 1.807) is 6.07 Å². The van der Waals surface area contributed by atoms with Gasteiger partial charge in [0.25, 0.3) is 0 Å². The molecule has 1 aromatic heterocycles. The summed E-state index contributed by atoms with van der Waals surface area (Å²) in [6, 6.07) is 3.06. The Hall–Kier alpha value is -0.871. The predicted molar refractivity (Wildman–Crippen MR) is 42.8 cm³/mol. The zero-order valence-corrected chi connectivity index (χ0v) is 7.63. The summed E-state index contributed by atoms with van der Waals surface area (Å²) in [6.45, 7) is -2.71. The summed E-state index contributed by atoms with van der Waals surface area (Å²) in [5.74, 6) is 0.203. The summed E-state index contributed by atoms with van der Waals surface area (Å²) in [5, 5.41) is 7.03. The van der Waals surface area contributed by atoms with Crippen molar-refractivity contribution < 1.29 is 8.78 Å². The maximum atomic E-state index is 12.3. The molecule has 0 aliphatic rings. The van der Waals surface area contributed by atoms with Gasteiger partial charge in [0.2, 0.25) is 0 Å². The van der Waals surface area contributed by atoms with Crippen molar-refractivity contribution in [1.29, 1.82) is 5.41 Å². The minimum atomic E-state index is -2.71. The van der Waals surface area contributed by atoms with Crippen molar-refractivity contribution in [3.05, 3.63) is 18.3 Å². The second-order valence-electron chi connectivity index (χ2n) is 2.01. The first-order valence-electron chi connectivity index (χ1n) is 3.09. The van der Waals surface area contributed by atoms with Crippen LogP contribution in [-0.4, -0.2) is 32.3 Å². The number of hydrogen-bond acceptors (Lipinski definition) is 1. The first-order chi connectivity index (χ1) is 5.63. The Labute approximate surface area is 76.1 Å². The van der Waals surface area contributed by atoms with Gasteiger partial charge in [-0.05, 0) is 0 Å². The quantitative estimate of drug-likeness (QED) is 0.344. The van der Waals surface area contributed by atoms with Gasteiger partial charge in [-0.1, -0.05) is 0 Å². The van der Waals surface area contributed by atoms with Gasteiger partial charge in [-0.2, -0.15) is 0 Å². The third-order valence-electron chi connectivity index (χ3n) is 1.26. The van der Waals surface area contributed by atoms with Gasteiger partial charge in [-0.25, -0.2) is 0 Å². The van der Waals surface area contributed by atoms with Crippen molar-refractivity contribution in [3.63, 3.8) is 0 Å². The van der Waals surface area contributed by atoms with Crippen molar-refractivity contribution in [2.24, 2.45) is 0 Å². The standard InChI is InChI=1S/C6H6F2N3Se/c7-5(8)11(6(9)12)4-2-1-3-10-4/h1-3,5,9-10H. The summed E-state index contributed by atoms with van der Waals surface area (Å²) in [5.41, 5.74) is 0. The minimum absolute atomic E-state index is 0.203. The zero-order chi connectivity index (χ0) is 9.14. The third kappa shape index (κ3) is 1.84. The van der Waals surface area contributed by atoms with E-state index < -0.39 is 6.55 Å². The van der Waals surface area contributed by atoms with Crippen LogP contribution < -0.4 is 4.90 Å². The molecule has 3 nitrogen and oxygen atoms in total. The van der Waals surface area contributed by atoms with E-state index in [0.29, 0.717) is 4.90 Å². The van der Waals surface area contributed by atoms with Crippen molar-refractivity contribution >= 4 is 26.6 Å².